The molecule has 9 aromatic carbocycles. The lowest BCUT2D eigenvalue weighted by Crippen LogP contribution is -2.10. The fraction of sp³-hybridized carbons (Fsp3) is 0. The zero-order valence-electron chi connectivity index (χ0n) is 28.4. The minimum atomic E-state index is 1.12. The van der Waals surface area contributed by atoms with Gasteiger partial charge >= 0.3 is 0 Å². The van der Waals surface area contributed by atoms with Crippen molar-refractivity contribution >= 4 is 70.1 Å². The molecule has 0 fully saturated rings. The number of nitrogens with zero attached hydrogens (tertiary/aromatic N) is 1. The van der Waals surface area contributed by atoms with Crippen LogP contribution in [0.25, 0.3) is 75.1 Å². The van der Waals surface area contributed by atoms with E-state index in [0.717, 1.165) is 17.1 Å². The molecular formula is C50H33NS. The molecule has 1 aromatic heterocycles. The predicted molar refractivity (Wildman–Crippen MR) is 225 cm³/mol. The van der Waals surface area contributed by atoms with Crippen LogP contribution in [0.2, 0.25) is 0 Å². The third-order valence-corrected chi connectivity index (χ3v) is 11.4. The zero-order valence-corrected chi connectivity index (χ0v) is 29.2. The molecule has 0 atom stereocenters. The molecule has 10 rings (SSSR count). The third-order valence-electron chi connectivity index (χ3n) is 10.3. The summed E-state index contributed by atoms with van der Waals surface area (Å²) in [5, 5.41) is 7.56. The Hall–Kier alpha value is -6.48. The van der Waals surface area contributed by atoms with Crippen LogP contribution < -0.4 is 4.90 Å². The first-order valence-corrected chi connectivity index (χ1v) is 18.6. The van der Waals surface area contributed by atoms with E-state index in [9.17, 15) is 0 Å². The Bertz CT molecular complexity index is 2880. The van der Waals surface area contributed by atoms with Gasteiger partial charge in [0.2, 0.25) is 0 Å². The molecule has 0 radical (unpaired) electrons. The van der Waals surface area contributed by atoms with Gasteiger partial charge in [-0.05, 0) is 92.0 Å². The number of hydrogen-bond acceptors (Lipinski definition) is 2. The summed E-state index contributed by atoms with van der Waals surface area (Å²) in [6.45, 7) is 0. The van der Waals surface area contributed by atoms with Crippen molar-refractivity contribution in [3.63, 3.8) is 0 Å². The second-order valence-electron chi connectivity index (χ2n) is 13.3. The second kappa shape index (κ2) is 12.7. The standard InChI is InChI=1S/C50H33NS/c1-3-13-34(14-4-1)35-25-27-38(28-26-35)51(47-23-11-18-37-17-7-8-19-41(37)47)39-29-32-48-46(33-39)50-45(22-12-24-49(50)52-48)44-31-30-40(36-15-5-2-6-16-36)42-20-9-10-21-43(42)44/h1-33H. The van der Waals surface area contributed by atoms with E-state index in [1.54, 1.807) is 0 Å². The minimum Gasteiger partial charge on any atom is -0.310 e. The second-order valence-corrected chi connectivity index (χ2v) is 14.4. The quantitative estimate of drug-likeness (QED) is 0.169. The van der Waals surface area contributed by atoms with Crippen molar-refractivity contribution in [3.05, 3.63) is 200 Å². The number of rotatable bonds is 6. The van der Waals surface area contributed by atoms with Crippen LogP contribution in [0.3, 0.4) is 0 Å². The van der Waals surface area contributed by atoms with E-state index in [0.29, 0.717) is 0 Å². The van der Waals surface area contributed by atoms with E-state index in [-0.39, 0.29) is 0 Å². The molecule has 0 aliphatic rings. The molecule has 244 valence electrons. The summed E-state index contributed by atoms with van der Waals surface area (Å²) in [4.78, 5) is 2.42. The van der Waals surface area contributed by atoms with Crippen molar-refractivity contribution in [1.29, 1.82) is 0 Å². The highest BCUT2D eigenvalue weighted by atomic mass is 32.1. The van der Waals surface area contributed by atoms with E-state index in [2.05, 4.69) is 205 Å². The molecule has 0 aliphatic heterocycles. The molecule has 0 aliphatic carbocycles. The molecule has 0 saturated carbocycles. The highest BCUT2D eigenvalue weighted by Gasteiger charge is 2.19. The molecule has 0 spiro atoms. The molecule has 52 heavy (non-hydrogen) atoms. The first-order valence-electron chi connectivity index (χ1n) is 17.8. The van der Waals surface area contributed by atoms with Gasteiger partial charge in [0.1, 0.15) is 0 Å². The largest absolute Gasteiger partial charge is 0.310 e. The van der Waals surface area contributed by atoms with Crippen LogP contribution in [-0.2, 0) is 0 Å². The van der Waals surface area contributed by atoms with E-state index in [1.165, 1.54) is 75.1 Å². The van der Waals surface area contributed by atoms with Gasteiger partial charge in [0.25, 0.3) is 0 Å². The van der Waals surface area contributed by atoms with Gasteiger partial charge in [-0.25, -0.2) is 0 Å². The van der Waals surface area contributed by atoms with E-state index >= 15 is 0 Å². The molecule has 0 N–H and O–H groups in total. The van der Waals surface area contributed by atoms with E-state index < -0.39 is 0 Å². The Balaban J connectivity index is 1.18. The SMILES string of the molecule is c1ccc(-c2ccc(N(c3ccc4sc5cccc(-c6ccc(-c7ccccc7)c7ccccc67)c5c4c3)c3cccc4ccccc34)cc2)cc1. The molecule has 2 heteroatoms. The van der Waals surface area contributed by atoms with Crippen LogP contribution in [0.15, 0.2) is 200 Å². The summed E-state index contributed by atoms with van der Waals surface area (Å²) in [5.41, 5.74) is 10.9. The Kier molecular flexibility index (Phi) is 7.41. The van der Waals surface area contributed by atoms with Crippen LogP contribution in [0.1, 0.15) is 0 Å². The Labute approximate surface area is 307 Å². The third kappa shape index (κ3) is 5.16. The highest BCUT2D eigenvalue weighted by molar-refractivity contribution is 7.26. The maximum atomic E-state index is 2.42. The Morgan fingerprint density at radius 1 is 0.327 bits per heavy atom. The highest BCUT2D eigenvalue weighted by Crippen LogP contribution is 2.46. The molecule has 0 amide bonds. The van der Waals surface area contributed by atoms with Crippen molar-refractivity contribution in [2.45, 2.75) is 0 Å². The molecule has 10 aromatic rings. The van der Waals surface area contributed by atoms with Crippen LogP contribution in [0.4, 0.5) is 17.1 Å². The number of hydrogen-bond donors (Lipinski definition) is 0. The molecule has 1 nitrogen and oxygen atoms in total. The number of benzene rings is 9. The molecular weight excluding hydrogens is 647 g/mol. The summed E-state index contributed by atoms with van der Waals surface area (Å²) in [6, 6.07) is 72.9. The van der Waals surface area contributed by atoms with Crippen molar-refractivity contribution < 1.29 is 0 Å². The average molecular weight is 680 g/mol. The Morgan fingerprint density at radius 2 is 0.923 bits per heavy atom. The maximum Gasteiger partial charge on any atom is 0.0540 e. The van der Waals surface area contributed by atoms with Gasteiger partial charge in [0.15, 0.2) is 0 Å². The Morgan fingerprint density at radius 3 is 1.71 bits per heavy atom. The number of fused-ring (bicyclic) bond motifs is 5. The maximum absolute atomic E-state index is 2.42. The van der Waals surface area contributed by atoms with Gasteiger partial charge in [0.05, 0.1) is 5.69 Å². The van der Waals surface area contributed by atoms with E-state index in [4.69, 9.17) is 0 Å². The van der Waals surface area contributed by atoms with Gasteiger partial charge in [-0.1, -0.05) is 158 Å². The lowest BCUT2D eigenvalue weighted by molar-refractivity contribution is 1.30. The van der Waals surface area contributed by atoms with Gasteiger partial charge in [0, 0.05) is 36.9 Å². The fourth-order valence-electron chi connectivity index (χ4n) is 7.85. The van der Waals surface area contributed by atoms with Crippen molar-refractivity contribution in [3.8, 4) is 33.4 Å². The summed E-state index contributed by atoms with van der Waals surface area (Å²) in [7, 11) is 0. The molecule has 0 saturated heterocycles. The van der Waals surface area contributed by atoms with Crippen LogP contribution in [-0.4, -0.2) is 0 Å². The minimum absolute atomic E-state index is 1.12. The van der Waals surface area contributed by atoms with Crippen LogP contribution in [0.5, 0.6) is 0 Å². The van der Waals surface area contributed by atoms with E-state index in [1.807, 2.05) is 11.3 Å². The van der Waals surface area contributed by atoms with Crippen molar-refractivity contribution in [2.75, 3.05) is 4.90 Å². The number of anilines is 3. The average Bonchev–Trinajstić information content (AvgIpc) is 3.60. The summed E-state index contributed by atoms with van der Waals surface area (Å²) in [5.74, 6) is 0. The van der Waals surface area contributed by atoms with Gasteiger partial charge in [-0.2, -0.15) is 0 Å². The molecule has 0 bridgehead atoms. The van der Waals surface area contributed by atoms with Crippen LogP contribution in [0, 0.1) is 0 Å². The molecule has 0 unspecified atom stereocenters. The predicted octanol–water partition coefficient (Wildman–Crippen LogP) is 14.8. The zero-order chi connectivity index (χ0) is 34.4. The number of thiophene rings is 1. The summed E-state index contributed by atoms with van der Waals surface area (Å²) >= 11 is 1.87. The van der Waals surface area contributed by atoms with Gasteiger partial charge in [-0.15, -0.1) is 11.3 Å². The van der Waals surface area contributed by atoms with Gasteiger partial charge < -0.3 is 4.90 Å². The summed E-state index contributed by atoms with van der Waals surface area (Å²) < 4.78 is 2.58. The fourth-order valence-corrected chi connectivity index (χ4v) is 8.96. The first kappa shape index (κ1) is 30.4. The lowest BCUT2D eigenvalue weighted by atomic mass is 9.90. The molecule has 1 heterocycles. The van der Waals surface area contributed by atoms with Crippen molar-refractivity contribution in [2.24, 2.45) is 0 Å². The van der Waals surface area contributed by atoms with Gasteiger partial charge in [-0.3, -0.25) is 0 Å². The van der Waals surface area contributed by atoms with Crippen LogP contribution >= 0.6 is 11.3 Å². The topological polar surface area (TPSA) is 3.24 Å². The monoisotopic (exact) mass is 679 g/mol. The lowest BCUT2D eigenvalue weighted by Gasteiger charge is -2.27. The first-order chi connectivity index (χ1) is 25.8. The smallest absolute Gasteiger partial charge is 0.0540 e. The normalized spacial score (nSPS) is 11.5. The van der Waals surface area contributed by atoms with Crippen molar-refractivity contribution in [1.82, 2.24) is 0 Å². The summed E-state index contributed by atoms with van der Waals surface area (Å²) in [6.07, 6.45) is 0.